The Morgan fingerprint density at radius 2 is 1.94 bits per heavy atom. The molecule has 0 N–H and O–H groups in total. The minimum atomic E-state index is -0.207. The number of hydrogen-bond donors (Lipinski definition) is 0. The average Bonchev–Trinajstić information content (AvgIpc) is 3.26. The van der Waals surface area contributed by atoms with Crippen LogP contribution in [0.1, 0.15) is 41.4 Å². The van der Waals surface area contributed by atoms with Gasteiger partial charge in [-0.15, -0.1) is 0 Å². The van der Waals surface area contributed by atoms with Crippen LogP contribution in [0.15, 0.2) is 60.8 Å². The van der Waals surface area contributed by atoms with E-state index >= 15 is 0 Å². The molecule has 0 saturated carbocycles. The van der Waals surface area contributed by atoms with E-state index in [1.807, 2.05) is 68.3 Å². The lowest BCUT2D eigenvalue weighted by Gasteiger charge is -2.38. The third kappa shape index (κ3) is 6.26. The van der Waals surface area contributed by atoms with Crippen molar-refractivity contribution in [1.82, 2.24) is 19.6 Å². The molecule has 0 spiro atoms. The molecule has 2 amide bonds. The van der Waals surface area contributed by atoms with Gasteiger partial charge in [-0.2, -0.15) is 5.10 Å². The van der Waals surface area contributed by atoms with Crippen molar-refractivity contribution in [3.8, 4) is 5.75 Å². The maximum Gasteiger partial charge on any atom is 0.257 e. The molecule has 0 bridgehead atoms. The highest BCUT2D eigenvalue weighted by Gasteiger charge is 2.36. The number of aryl methyl sites for hydroxylation is 2. The van der Waals surface area contributed by atoms with Crippen LogP contribution in [0.5, 0.6) is 5.75 Å². The molecular weight excluding hydrogens is 476 g/mol. The van der Waals surface area contributed by atoms with Gasteiger partial charge >= 0.3 is 0 Å². The van der Waals surface area contributed by atoms with Crippen LogP contribution in [-0.4, -0.2) is 57.6 Å². The number of carbonyl (C=O) groups is 2. The van der Waals surface area contributed by atoms with Crippen LogP contribution in [0, 0.1) is 12.8 Å². The summed E-state index contributed by atoms with van der Waals surface area (Å²) in [6.07, 6.45) is 2.51. The highest BCUT2D eigenvalue weighted by atomic mass is 35.5. The van der Waals surface area contributed by atoms with Gasteiger partial charge in [-0.3, -0.25) is 14.3 Å². The third-order valence-corrected chi connectivity index (χ3v) is 6.90. The van der Waals surface area contributed by atoms with E-state index in [-0.39, 0.29) is 30.3 Å². The second-order valence-corrected chi connectivity index (χ2v) is 9.77. The molecule has 0 aliphatic carbocycles. The normalized spacial score (nSPS) is 17.6. The Kier molecular flexibility index (Phi) is 8.31. The summed E-state index contributed by atoms with van der Waals surface area (Å²) in [5.74, 6) is 0.479. The van der Waals surface area contributed by atoms with Crippen LogP contribution in [0.4, 0.5) is 0 Å². The number of benzene rings is 2. The first-order valence-corrected chi connectivity index (χ1v) is 12.7. The van der Waals surface area contributed by atoms with Crippen LogP contribution >= 0.6 is 11.6 Å². The number of halogens is 1. The second-order valence-electron chi connectivity index (χ2n) is 9.34. The highest BCUT2D eigenvalue weighted by Crippen LogP contribution is 2.29. The molecule has 2 aromatic carbocycles. The summed E-state index contributed by atoms with van der Waals surface area (Å²) < 4.78 is 8.09. The summed E-state index contributed by atoms with van der Waals surface area (Å²) in [6, 6.07) is 17.2. The van der Waals surface area contributed by atoms with Crippen LogP contribution in [0.25, 0.3) is 0 Å². The largest absolute Gasteiger partial charge is 0.490 e. The smallest absolute Gasteiger partial charge is 0.257 e. The number of rotatable bonds is 8. The molecule has 3 aromatic rings. The number of piperidine rings is 1. The van der Waals surface area contributed by atoms with Crippen molar-refractivity contribution in [2.24, 2.45) is 5.92 Å². The maximum atomic E-state index is 13.4. The number of nitrogens with zero attached hydrogens (tertiary/aromatic N) is 4. The predicted octanol–water partition coefficient (Wildman–Crippen LogP) is 4.82. The summed E-state index contributed by atoms with van der Waals surface area (Å²) in [5, 5.41) is 5.02. The number of aromatic nitrogens is 2. The summed E-state index contributed by atoms with van der Waals surface area (Å²) in [7, 11) is 1.82. The van der Waals surface area contributed by atoms with Gasteiger partial charge in [0.2, 0.25) is 5.91 Å². The number of ether oxygens (including phenoxy) is 1. The van der Waals surface area contributed by atoms with Crippen LogP contribution < -0.4 is 4.74 Å². The Morgan fingerprint density at radius 3 is 2.64 bits per heavy atom. The van der Waals surface area contributed by atoms with Gasteiger partial charge < -0.3 is 14.5 Å². The van der Waals surface area contributed by atoms with Crippen molar-refractivity contribution in [3.63, 3.8) is 0 Å². The topological polar surface area (TPSA) is 67.7 Å². The Hall–Kier alpha value is -3.32. The van der Waals surface area contributed by atoms with Gasteiger partial charge in [0.25, 0.3) is 5.91 Å². The summed E-state index contributed by atoms with van der Waals surface area (Å²) in [5.41, 5.74) is 2.40. The fourth-order valence-electron chi connectivity index (χ4n) is 4.65. The van der Waals surface area contributed by atoms with E-state index < -0.39 is 0 Å². The first-order chi connectivity index (χ1) is 17.3. The third-order valence-electron chi connectivity index (χ3n) is 6.66. The van der Waals surface area contributed by atoms with Gasteiger partial charge in [-0.1, -0.05) is 48.0 Å². The summed E-state index contributed by atoms with van der Waals surface area (Å²) >= 11 is 6.16. The molecule has 1 aliphatic rings. The lowest BCUT2D eigenvalue weighted by molar-refractivity contribution is -0.132. The molecule has 0 unspecified atom stereocenters. The summed E-state index contributed by atoms with van der Waals surface area (Å²) in [6.45, 7) is 6.07. The Labute approximate surface area is 217 Å². The van der Waals surface area contributed by atoms with Gasteiger partial charge in [0.05, 0.1) is 11.3 Å². The van der Waals surface area contributed by atoms with E-state index in [1.54, 1.807) is 27.9 Å². The van der Waals surface area contributed by atoms with Gasteiger partial charge in [0, 0.05) is 63.2 Å². The van der Waals surface area contributed by atoms with Crippen LogP contribution in [0.3, 0.4) is 0 Å². The minimum Gasteiger partial charge on any atom is -0.490 e. The number of likely N-dealkylation sites (tertiary alicyclic amines) is 1. The molecule has 7 nitrogen and oxygen atoms in total. The van der Waals surface area contributed by atoms with E-state index in [2.05, 4.69) is 5.10 Å². The molecule has 36 heavy (non-hydrogen) atoms. The van der Waals surface area contributed by atoms with Crippen molar-refractivity contribution in [1.29, 1.82) is 0 Å². The zero-order valence-electron chi connectivity index (χ0n) is 21.1. The van der Waals surface area contributed by atoms with E-state index in [4.69, 9.17) is 16.3 Å². The molecule has 1 fully saturated rings. The molecule has 190 valence electrons. The molecule has 1 aromatic heterocycles. The van der Waals surface area contributed by atoms with E-state index in [9.17, 15) is 9.59 Å². The van der Waals surface area contributed by atoms with Gasteiger partial charge in [0.15, 0.2) is 0 Å². The lowest BCUT2D eigenvalue weighted by Crippen LogP contribution is -2.49. The fourth-order valence-corrected chi connectivity index (χ4v) is 4.83. The number of amides is 2. The molecule has 2 heterocycles. The number of hydrogen-bond acceptors (Lipinski definition) is 4. The molecule has 8 heteroatoms. The van der Waals surface area contributed by atoms with E-state index in [0.29, 0.717) is 48.9 Å². The van der Waals surface area contributed by atoms with E-state index in [0.717, 1.165) is 11.3 Å². The first kappa shape index (κ1) is 25.8. The zero-order valence-corrected chi connectivity index (χ0v) is 21.8. The average molecular weight is 509 g/mol. The first-order valence-electron chi connectivity index (χ1n) is 12.4. The number of carbonyl (C=O) groups excluding carboxylic acids is 2. The van der Waals surface area contributed by atoms with Gasteiger partial charge in [-0.25, -0.2) is 0 Å². The van der Waals surface area contributed by atoms with Crippen molar-refractivity contribution in [2.45, 2.75) is 45.9 Å². The van der Waals surface area contributed by atoms with Gasteiger partial charge in [0.1, 0.15) is 11.9 Å². The molecule has 0 radical (unpaired) electrons. The second kappa shape index (κ2) is 11.6. The highest BCUT2D eigenvalue weighted by molar-refractivity contribution is 6.30. The predicted molar refractivity (Wildman–Crippen MR) is 140 cm³/mol. The molecule has 2 atom stereocenters. The molecule has 1 aliphatic heterocycles. The quantitative estimate of drug-likeness (QED) is 0.437. The Morgan fingerprint density at radius 1 is 1.17 bits per heavy atom. The SMILES string of the molecule is CCn1cc(C(=O)N2CC[C@H](Oc3cccc(Cl)c3)[C@@H](CC(=O)N(C)Cc3ccccc3)C2)c(C)n1. The molecular formula is C28H33ClN4O3. The lowest BCUT2D eigenvalue weighted by atomic mass is 9.90. The Bertz CT molecular complexity index is 1200. The van der Waals surface area contributed by atoms with Crippen molar-refractivity contribution >= 4 is 23.4 Å². The molecule has 1 saturated heterocycles. The monoisotopic (exact) mass is 508 g/mol. The fraction of sp³-hybridized carbons (Fsp3) is 0.393. The minimum absolute atomic E-state index is 0.0211. The summed E-state index contributed by atoms with van der Waals surface area (Å²) in [4.78, 5) is 30.2. The van der Waals surface area contributed by atoms with Crippen LogP contribution in [-0.2, 0) is 17.9 Å². The van der Waals surface area contributed by atoms with Crippen molar-refractivity contribution in [2.75, 3.05) is 20.1 Å². The standard InChI is InChI=1S/C28H33ClN4O3/c1-4-33-19-25(20(2)30-33)28(35)32-14-13-26(36-24-12-8-11-23(29)16-24)22(18-32)15-27(34)31(3)17-21-9-6-5-7-10-21/h5-12,16,19,22,26H,4,13-15,17-18H2,1-3H3/t22-,26-/m0/s1. The van der Waals surface area contributed by atoms with Crippen LogP contribution in [0.2, 0.25) is 5.02 Å². The van der Waals surface area contributed by atoms with Crippen molar-refractivity contribution < 1.29 is 14.3 Å². The van der Waals surface area contributed by atoms with Gasteiger partial charge in [-0.05, 0) is 37.6 Å². The Balaban J connectivity index is 1.50. The maximum absolute atomic E-state index is 13.4. The van der Waals surface area contributed by atoms with Crippen molar-refractivity contribution in [3.05, 3.63) is 82.6 Å². The van der Waals surface area contributed by atoms with E-state index in [1.165, 1.54) is 0 Å². The zero-order chi connectivity index (χ0) is 25.7. The molecule has 4 rings (SSSR count).